The Labute approximate surface area is 85.4 Å². The van der Waals surface area contributed by atoms with E-state index in [1.165, 1.54) is 12.2 Å². The van der Waals surface area contributed by atoms with Gasteiger partial charge in [-0.25, -0.2) is 0 Å². The molecule has 0 aromatic carbocycles. The van der Waals surface area contributed by atoms with Crippen LogP contribution < -0.4 is 0 Å². The zero-order chi connectivity index (χ0) is 10.3. The Balaban J connectivity index is 2.75. The van der Waals surface area contributed by atoms with Gasteiger partial charge in [0.15, 0.2) is 0 Å². The monoisotopic (exact) mass is 207 g/mol. The maximum absolute atomic E-state index is 11.4. The Bertz CT molecular complexity index is 477. The average Bonchev–Trinajstić information content (AvgIpc) is 2.10. The number of nitrogens with zero attached hydrogens (tertiary/aromatic N) is 1. The number of ketones is 2. The molecule has 0 unspecified atom stereocenters. The van der Waals surface area contributed by atoms with Gasteiger partial charge in [0.2, 0.25) is 11.6 Å². The van der Waals surface area contributed by atoms with Crippen molar-refractivity contribution >= 4 is 29.2 Å². The Morgan fingerprint density at radius 2 is 2.00 bits per heavy atom. The number of allylic oxidation sites excluding steroid dienone is 1. The van der Waals surface area contributed by atoms with Crippen LogP contribution in [0.15, 0.2) is 12.1 Å². The molecule has 1 aliphatic carbocycles. The summed E-state index contributed by atoms with van der Waals surface area (Å²) >= 11 is 5.86. The minimum atomic E-state index is -0.583. The summed E-state index contributed by atoms with van der Waals surface area (Å²) < 4.78 is 0. The first kappa shape index (κ1) is 9.09. The van der Waals surface area contributed by atoms with Gasteiger partial charge in [0, 0.05) is 5.69 Å². The third-order valence-corrected chi connectivity index (χ3v) is 2.27. The summed E-state index contributed by atoms with van der Waals surface area (Å²) in [6, 6.07) is 1.57. The van der Waals surface area contributed by atoms with E-state index in [0.29, 0.717) is 5.69 Å². The van der Waals surface area contributed by atoms with E-state index < -0.39 is 11.6 Å². The van der Waals surface area contributed by atoms with Gasteiger partial charge in [-0.05, 0) is 25.1 Å². The number of aryl methyl sites for hydroxylation is 1. The molecule has 70 valence electrons. The molecule has 0 bridgehead atoms. The number of Topliss-reactive ketones (excluding diaryl/α,β-unsaturated/α-hetero) is 1. The fourth-order valence-corrected chi connectivity index (χ4v) is 1.70. The molecule has 1 aromatic rings. The number of hydrogen-bond donors (Lipinski definition) is 0. The van der Waals surface area contributed by atoms with E-state index in [9.17, 15) is 9.59 Å². The number of carbonyl (C=O) groups is 2. The van der Waals surface area contributed by atoms with E-state index in [0.717, 1.165) is 5.69 Å². The topological polar surface area (TPSA) is 47.0 Å². The second-order valence-corrected chi connectivity index (χ2v) is 3.44. The molecule has 0 spiro atoms. The van der Waals surface area contributed by atoms with Crippen LogP contribution in [-0.2, 0) is 4.79 Å². The van der Waals surface area contributed by atoms with Crippen LogP contribution in [0.5, 0.6) is 0 Å². The molecule has 0 fully saturated rings. The Morgan fingerprint density at radius 1 is 1.29 bits per heavy atom. The highest BCUT2D eigenvalue weighted by Crippen LogP contribution is 2.24. The van der Waals surface area contributed by atoms with Crippen molar-refractivity contribution in [2.45, 2.75) is 6.92 Å². The van der Waals surface area contributed by atoms with E-state index in [2.05, 4.69) is 4.98 Å². The first-order valence-electron chi connectivity index (χ1n) is 4.03. The molecule has 4 heteroatoms. The van der Waals surface area contributed by atoms with Gasteiger partial charge in [-0.3, -0.25) is 14.6 Å². The van der Waals surface area contributed by atoms with E-state index in [1.54, 1.807) is 13.0 Å². The SMILES string of the molecule is Cc1cc(Cl)c2c(n1)C=CC(=O)C2=O. The second-order valence-electron chi connectivity index (χ2n) is 3.03. The summed E-state index contributed by atoms with van der Waals surface area (Å²) in [7, 11) is 0. The molecular formula is C10H6ClNO2. The maximum atomic E-state index is 11.4. The highest BCUT2D eigenvalue weighted by atomic mass is 35.5. The summed E-state index contributed by atoms with van der Waals surface area (Å²) in [5.41, 5.74) is 1.41. The van der Waals surface area contributed by atoms with Crippen molar-refractivity contribution < 1.29 is 9.59 Å². The van der Waals surface area contributed by atoms with Crippen LogP contribution in [0.1, 0.15) is 21.7 Å². The van der Waals surface area contributed by atoms with Crippen molar-refractivity contribution in [3.05, 3.63) is 34.1 Å². The molecule has 0 N–H and O–H groups in total. The third-order valence-electron chi connectivity index (χ3n) is 1.97. The van der Waals surface area contributed by atoms with Crippen molar-refractivity contribution in [2.75, 3.05) is 0 Å². The lowest BCUT2D eigenvalue weighted by Crippen LogP contribution is -2.18. The van der Waals surface area contributed by atoms with E-state index in [1.807, 2.05) is 0 Å². The zero-order valence-corrected chi connectivity index (χ0v) is 8.13. The fourth-order valence-electron chi connectivity index (χ4n) is 1.35. The van der Waals surface area contributed by atoms with Crippen molar-refractivity contribution in [3.63, 3.8) is 0 Å². The number of aromatic nitrogens is 1. The first-order chi connectivity index (χ1) is 6.59. The van der Waals surface area contributed by atoms with E-state index >= 15 is 0 Å². The lowest BCUT2D eigenvalue weighted by atomic mass is 9.99. The predicted molar refractivity (Wildman–Crippen MR) is 52.4 cm³/mol. The summed E-state index contributed by atoms with van der Waals surface area (Å²) in [5, 5.41) is 0.287. The van der Waals surface area contributed by atoms with Gasteiger partial charge in [0.25, 0.3) is 0 Å². The molecule has 0 amide bonds. The first-order valence-corrected chi connectivity index (χ1v) is 4.41. The van der Waals surface area contributed by atoms with Crippen molar-refractivity contribution in [1.82, 2.24) is 4.98 Å². The molecule has 0 radical (unpaired) electrons. The molecular weight excluding hydrogens is 202 g/mol. The third kappa shape index (κ3) is 1.26. The van der Waals surface area contributed by atoms with Crippen LogP contribution in [0.4, 0.5) is 0 Å². The van der Waals surface area contributed by atoms with Gasteiger partial charge in [-0.15, -0.1) is 0 Å². The highest BCUT2D eigenvalue weighted by Gasteiger charge is 2.24. The number of hydrogen-bond acceptors (Lipinski definition) is 3. The smallest absolute Gasteiger partial charge is 0.236 e. The molecule has 1 aromatic heterocycles. The Hall–Kier alpha value is -1.48. The predicted octanol–water partition coefficient (Wildman–Crippen LogP) is 1.82. The average molecular weight is 208 g/mol. The summed E-state index contributed by atoms with van der Waals surface area (Å²) in [6.45, 7) is 1.78. The normalized spacial score (nSPS) is 14.4. The lowest BCUT2D eigenvalue weighted by molar-refractivity contribution is -0.110. The van der Waals surface area contributed by atoms with Gasteiger partial charge < -0.3 is 0 Å². The van der Waals surface area contributed by atoms with E-state index in [-0.39, 0.29) is 10.6 Å². The van der Waals surface area contributed by atoms with Crippen LogP contribution in [0, 0.1) is 6.92 Å². The van der Waals surface area contributed by atoms with Crippen LogP contribution in [0.2, 0.25) is 5.02 Å². The molecule has 3 nitrogen and oxygen atoms in total. The van der Waals surface area contributed by atoms with Crippen LogP contribution in [0.3, 0.4) is 0 Å². The molecule has 14 heavy (non-hydrogen) atoms. The van der Waals surface area contributed by atoms with Gasteiger partial charge >= 0.3 is 0 Å². The van der Waals surface area contributed by atoms with Crippen LogP contribution in [0.25, 0.3) is 6.08 Å². The number of halogens is 1. The number of fused-ring (bicyclic) bond motifs is 1. The molecule has 0 atom stereocenters. The van der Waals surface area contributed by atoms with Crippen LogP contribution >= 0.6 is 11.6 Å². The van der Waals surface area contributed by atoms with Gasteiger partial charge in [-0.2, -0.15) is 0 Å². The largest absolute Gasteiger partial charge is 0.286 e. The van der Waals surface area contributed by atoms with Crippen LogP contribution in [-0.4, -0.2) is 16.6 Å². The summed E-state index contributed by atoms with van der Waals surface area (Å²) in [5.74, 6) is -1.13. The molecule has 0 saturated carbocycles. The molecule has 0 saturated heterocycles. The Morgan fingerprint density at radius 3 is 2.71 bits per heavy atom. The van der Waals surface area contributed by atoms with Gasteiger partial charge in [0.1, 0.15) is 0 Å². The number of rotatable bonds is 0. The maximum Gasteiger partial charge on any atom is 0.236 e. The summed E-state index contributed by atoms with van der Waals surface area (Å²) in [4.78, 5) is 26.6. The van der Waals surface area contributed by atoms with Crippen molar-refractivity contribution in [1.29, 1.82) is 0 Å². The standard InChI is InChI=1S/C10H6ClNO2/c1-5-4-6(11)9-7(12-5)2-3-8(13)10(9)14/h2-4H,1H3. The van der Waals surface area contributed by atoms with Gasteiger partial charge in [-0.1, -0.05) is 11.6 Å². The molecule has 0 aliphatic heterocycles. The zero-order valence-electron chi connectivity index (χ0n) is 7.37. The van der Waals surface area contributed by atoms with E-state index in [4.69, 9.17) is 11.6 Å². The quantitative estimate of drug-likeness (QED) is 0.610. The number of pyridine rings is 1. The van der Waals surface area contributed by atoms with Gasteiger partial charge in [0.05, 0.1) is 16.3 Å². The van der Waals surface area contributed by atoms with Crippen molar-refractivity contribution in [2.24, 2.45) is 0 Å². The second kappa shape index (κ2) is 3.03. The molecule has 2 rings (SSSR count). The molecule has 1 aliphatic rings. The fraction of sp³-hybridized carbons (Fsp3) is 0.100. The van der Waals surface area contributed by atoms with Crippen molar-refractivity contribution in [3.8, 4) is 0 Å². The summed E-state index contributed by atoms with van der Waals surface area (Å²) in [6.07, 6.45) is 2.73. The molecule has 1 heterocycles. The minimum absolute atomic E-state index is 0.213. The lowest BCUT2D eigenvalue weighted by Gasteiger charge is -2.09. The minimum Gasteiger partial charge on any atom is -0.286 e. The highest BCUT2D eigenvalue weighted by molar-refractivity contribution is 6.52. The number of carbonyl (C=O) groups excluding carboxylic acids is 2. The Kier molecular flexibility index (Phi) is 1.97.